The van der Waals surface area contributed by atoms with E-state index in [0.717, 1.165) is 75.1 Å². The van der Waals surface area contributed by atoms with Gasteiger partial charge in [-0.3, -0.25) is 9.98 Å². The van der Waals surface area contributed by atoms with E-state index >= 15 is 0 Å². The molecule has 0 atom stereocenters. The second-order valence-electron chi connectivity index (χ2n) is 9.32. The van der Waals surface area contributed by atoms with E-state index in [1.807, 2.05) is 20.0 Å². The number of nitrogens with zero attached hydrogens (tertiary/aromatic N) is 5. The van der Waals surface area contributed by atoms with Gasteiger partial charge in [0.2, 0.25) is 5.95 Å². The van der Waals surface area contributed by atoms with Crippen LogP contribution in [0.15, 0.2) is 29.4 Å². The van der Waals surface area contributed by atoms with Gasteiger partial charge in [-0.15, -0.1) is 0 Å². The average Bonchev–Trinajstić information content (AvgIpc) is 2.98. The van der Waals surface area contributed by atoms with Gasteiger partial charge >= 0.3 is 0 Å². The van der Waals surface area contributed by atoms with Crippen LogP contribution >= 0.6 is 0 Å². The molecule has 0 radical (unpaired) electrons. The molecule has 2 aromatic heterocycles. The summed E-state index contributed by atoms with van der Waals surface area (Å²) < 4.78 is 6.22. The Balaban J connectivity index is 1.56. The van der Waals surface area contributed by atoms with Crippen molar-refractivity contribution in [1.29, 1.82) is 0 Å². The van der Waals surface area contributed by atoms with Crippen LogP contribution < -0.4 is 15.4 Å². The molecule has 0 aliphatic carbocycles. The van der Waals surface area contributed by atoms with Crippen molar-refractivity contribution in [1.82, 2.24) is 15.0 Å². The first-order valence-corrected chi connectivity index (χ1v) is 11.5. The molecular weight excluding hydrogens is 412 g/mol. The molecule has 170 valence electrons. The fraction of sp³-hybridized carbons (Fsp3) is 0.385. The first kappa shape index (κ1) is 21.4. The maximum absolute atomic E-state index is 6.22. The lowest BCUT2D eigenvalue weighted by atomic mass is 9.98. The number of nitrogens with two attached hydrogens (primary N) is 1. The van der Waals surface area contributed by atoms with Gasteiger partial charge in [0.15, 0.2) is 0 Å². The standard InChI is InChI=1S/C26H30N6O/c1-14(2)23-17(5)30-26(27)31-25(23)32-6-7-33-24-15(3)8-18(10-20(24)13-32)19-11-22-21(28-12-19)9-16(4)29-22/h8,10-12,14H,6-7,9,13H2,1-5H3,(H2,27,30,31). The number of hydrogen-bond donors (Lipinski definition) is 1. The average molecular weight is 443 g/mol. The molecular formula is C26H30N6O. The Morgan fingerprint density at radius 2 is 1.88 bits per heavy atom. The van der Waals surface area contributed by atoms with Crippen LogP contribution in [-0.2, 0) is 13.0 Å². The first-order chi connectivity index (χ1) is 15.8. The summed E-state index contributed by atoms with van der Waals surface area (Å²) in [6, 6.07) is 6.53. The van der Waals surface area contributed by atoms with Crippen LogP contribution in [0.25, 0.3) is 11.1 Å². The Kier molecular flexibility index (Phi) is 5.27. The van der Waals surface area contributed by atoms with Crippen molar-refractivity contribution >= 4 is 23.2 Å². The number of aryl methyl sites for hydroxylation is 2. The lowest BCUT2D eigenvalue weighted by molar-refractivity contribution is 0.329. The molecule has 0 saturated carbocycles. The zero-order valence-electron chi connectivity index (χ0n) is 19.9. The van der Waals surface area contributed by atoms with E-state index in [-0.39, 0.29) is 0 Å². The summed E-state index contributed by atoms with van der Waals surface area (Å²) in [7, 11) is 0. The molecule has 2 aliphatic heterocycles. The van der Waals surface area contributed by atoms with Crippen LogP contribution in [0.5, 0.6) is 5.75 Å². The van der Waals surface area contributed by atoms with E-state index in [9.17, 15) is 0 Å². The highest BCUT2D eigenvalue weighted by molar-refractivity contribution is 5.92. The second kappa shape index (κ2) is 8.14. The molecule has 7 heteroatoms. The third-order valence-electron chi connectivity index (χ3n) is 6.35. The molecule has 5 rings (SSSR count). The Morgan fingerprint density at radius 1 is 1.06 bits per heavy atom. The van der Waals surface area contributed by atoms with Crippen LogP contribution in [0, 0.1) is 13.8 Å². The SMILES string of the molecule is CC1=Nc2cc(-c3cc(C)c4c(c3)CN(c3nc(N)nc(C)c3C(C)C)CCO4)cnc2C1. The van der Waals surface area contributed by atoms with Crippen molar-refractivity contribution in [2.24, 2.45) is 4.99 Å². The van der Waals surface area contributed by atoms with Crippen molar-refractivity contribution in [2.45, 2.75) is 53.5 Å². The molecule has 0 unspecified atom stereocenters. The number of hydrogen-bond acceptors (Lipinski definition) is 7. The van der Waals surface area contributed by atoms with Crippen LogP contribution in [0.4, 0.5) is 17.5 Å². The summed E-state index contributed by atoms with van der Waals surface area (Å²) in [5, 5.41) is 0. The smallest absolute Gasteiger partial charge is 0.222 e. The summed E-state index contributed by atoms with van der Waals surface area (Å²) in [6.07, 6.45) is 2.79. The van der Waals surface area contributed by atoms with Crippen molar-refractivity contribution in [3.8, 4) is 16.9 Å². The zero-order valence-corrected chi connectivity index (χ0v) is 19.9. The van der Waals surface area contributed by atoms with E-state index < -0.39 is 0 Å². The van der Waals surface area contributed by atoms with Gasteiger partial charge in [-0.25, -0.2) is 4.98 Å². The van der Waals surface area contributed by atoms with E-state index in [2.05, 4.69) is 63.8 Å². The number of pyridine rings is 1. The zero-order chi connectivity index (χ0) is 23.3. The second-order valence-corrected chi connectivity index (χ2v) is 9.32. The van der Waals surface area contributed by atoms with Gasteiger partial charge in [-0.1, -0.05) is 13.8 Å². The highest BCUT2D eigenvalue weighted by Gasteiger charge is 2.24. The molecule has 2 aliphatic rings. The van der Waals surface area contributed by atoms with E-state index in [4.69, 9.17) is 10.5 Å². The predicted octanol–water partition coefficient (Wildman–Crippen LogP) is 4.91. The summed E-state index contributed by atoms with van der Waals surface area (Å²) in [4.78, 5) is 20.7. The number of anilines is 2. The lowest BCUT2D eigenvalue weighted by Crippen LogP contribution is -2.28. The minimum absolute atomic E-state index is 0.291. The third-order valence-corrected chi connectivity index (χ3v) is 6.35. The first-order valence-electron chi connectivity index (χ1n) is 11.5. The number of nitrogen functional groups attached to an aromatic ring is 1. The van der Waals surface area contributed by atoms with Gasteiger partial charge in [-0.05, 0) is 56.0 Å². The number of ether oxygens (including phenoxy) is 1. The summed E-state index contributed by atoms with van der Waals surface area (Å²) in [5.74, 6) is 2.45. The molecule has 0 spiro atoms. The Hall–Kier alpha value is -3.48. The minimum Gasteiger partial charge on any atom is -0.491 e. The molecule has 0 bridgehead atoms. The fourth-order valence-corrected chi connectivity index (χ4v) is 4.93. The molecule has 4 heterocycles. The third kappa shape index (κ3) is 3.92. The number of fused-ring (bicyclic) bond motifs is 2. The number of aromatic nitrogens is 3. The molecule has 0 fully saturated rings. The summed E-state index contributed by atoms with van der Waals surface area (Å²) >= 11 is 0. The van der Waals surface area contributed by atoms with Crippen LogP contribution in [0.2, 0.25) is 0 Å². The van der Waals surface area contributed by atoms with Crippen LogP contribution in [0.1, 0.15) is 54.8 Å². The fourth-order valence-electron chi connectivity index (χ4n) is 4.93. The highest BCUT2D eigenvalue weighted by atomic mass is 16.5. The lowest BCUT2D eigenvalue weighted by Gasteiger charge is -2.26. The van der Waals surface area contributed by atoms with Gasteiger partial charge in [0.1, 0.15) is 18.2 Å². The molecule has 7 nitrogen and oxygen atoms in total. The van der Waals surface area contributed by atoms with Crippen LogP contribution in [0.3, 0.4) is 0 Å². The molecule has 1 aromatic carbocycles. The minimum atomic E-state index is 0.291. The van der Waals surface area contributed by atoms with Gasteiger partial charge < -0.3 is 15.4 Å². The van der Waals surface area contributed by atoms with Crippen molar-refractivity contribution in [3.05, 3.63) is 52.5 Å². The maximum Gasteiger partial charge on any atom is 0.222 e. The number of rotatable bonds is 3. The van der Waals surface area contributed by atoms with Crippen LogP contribution in [-0.4, -0.2) is 33.8 Å². The molecule has 2 N–H and O–H groups in total. The van der Waals surface area contributed by atoms with Gasteiger partial charge in [0, 0.05) is 47.3 Å². The topological polar surface area (TPSA) is 89.5 Å². The monoisotopic (exact) mass is 442 g/mol. The van der Waals surface area contributed by atoms with Gasteiger partial charge in [0.25, 0.3) is 0 Å². The highest BCUT2D eigenvalue weighted by Crippen LogP contribution is 2.37. The number of benzene rings is 1. The normalized spacial score (nSPS) is 15.1. The molecule has 3 aromatic rings. The van der Waals surface area contributed by atoms with Gasteiger partial charge in [-0.2, -0.15) is 4.98 Å². The van der Waals surface area contributed by atoms with Crippen molar-refractivity contribution in [2.75, 3.05) is 23.8 Å². The Morgan fingerprint density at radius 3 is 2.67 bits per heavy atom. The molecule has 0 saturated heterocycles. The quantitative estimate of drug-likeness (QED) is 0.620. The van der Waals surface area contributed by atoms with E-state index in [0.29, 0.717) is 25.0 Å². The summed E-state index contributed by atoms with van der Waals surface area (Å²) in [6.45, 7) is 12.5. The van der Waals surface area contributed by atoms with E-state index in [1.165, 1.54) is 0 Å². The summed E-state index contributed by atoms with van der Waals surface area (Å²) in [5.41, 5.74) is 15.7. The maximum atomic E-state index is 6.22. The molecule has 33 heavy (non-hydrogen) atoms. The van der Waals surface area contributed by atoms with Crippen molar-refractivity contribution in [3.63, 3.8) is 0 Å². The predicted molar refractivity (Wildman–Crippen MR) is 133 cm³/mol. The Bertz CT molecular complexity index is 1280. The number of aliphatic imine (C=N–C) groups is 1. The largest absolute Gasteiger partial charge is 0.491 e. The molecule has 0 amide bonds. The van der Waals surface area contributed by atoms with Crippen molar-refractivity contribution < 1.29 is 4.74 Å². The van der Waals surface area contributed by atoms with Gasteiger partial charge in [0.05, 0.1) is 17.9 Å². The van der Waals surface area contributed by atoms with E-state index in [1.54, 1.807) is 0 Å². The Labute approximate surface area is 194 Å².